The minimum Gasteiger partial charge on any atom is -0.312 e. The van der Waals surface area contributed by atoms with Crippen LogP contribution in [0.3, 0.4) is 0 Å². The lowest BCUT2D eigenvalue weighted by Crippen LogP contribution is -2.38. The Kier molecular flexibility index (Phi) is 4.62. The number of nitrogens with one attached hydrogen (secondary N) is 1. The fourth-order valence-electron chi connectivity index (χ4n) is 3.32. The van der Waals surface area contributed by atoms with E-state index in [4.69, 9.17) is 0 Å². The summed E-state index contributed by atoms with van der Waals surface area (Å²) in [5, 5.41) is 3.41. The maximum absolute atomic E-state index is 11.4. The summed E-state index contributed by atoms with van der Waals surface area (Å²) in [7, 11) is -2.77. The summed E-state index contributed by atoms with van der Waals surface area (Å²) < 4.78 is 22.9. The van der Waals surface area contributed by atoms with Gasteiger partial charge in [-0.2, -0.15) is 0 Å². The molecular weight excluding hydrogens is 284 g/mol. The maximum Gasteiger partial charge on any atom is 0.151 e. The standard InChI is InChI=1S/C16H24N2O2S/c19-21(20)12-7-16(13-21)17-8-11-18-9-5-14-3-1-2-4-15(14)6-10-18/h1-4,16-17H,5-13H2. The number of hydrogen-bond acceptors (Lipinski definition) is 4. The number of hydrogen-bond donors (Lipinski definition) is 1. The van der Waals surface area contributed by atoms with Crippen molar-refractivity contribution in [3.05, 3.63) is 35.4 Å². The van der Waals surface area contributed by atoms with Gasteiger partial charge in [-0.25, -0.2) is 8.42 Å². The van der Waals surface area contributed by atoms with Crippen LogP contribution in [0.2, 0.25) is 0 Å². The third kappa shape index (κ3) is 4.05. The average Bonchev–Trinajstić information content (AvgIpc) is 2.69. The Bertz CT molecular complexity index is 559. The molecular formula is C16H24N2O2S. The largest absolute Gasteiger partial charge is 0.312 e. The van der Waals surface area contributed by atoms with Crippen molar-refractivity contribution < 1.29 is 8.42 Å². The predicted molar refractivity (Wildman–Crippen MR) is 85.4 cm³/mol. The van der Waals surface area contributed by atoms with E-state index in [0.717, 1.165) is 45.4 Å². The molecule has 5 heteroatoms. The second-order valence-electron chi connectivity index (χ2n) is 6.16. The van der Waals surface area contributed by atoms with Crippen LogP contribution in [0.4, 0.5) is 0 Å². The van der Waals surface area contributed by atoms with E-state index in [9.17, 15) is 8.42 Å². The van der Waals surface area contributed by atoms with Gasteiger partial charge < -0.3 is 10.2 Å². The number of benzene rings is 1. The number of nitrogens with zero attached hydrogens (tertiary/aromatic N) is 1. The molecule has 0 saturated carbocycles. The van der Waals surface area contributed by atoms with Crippen LogP contribution >= 0.6 is 0 Å². The molecule has 2 heterocycles. The van der Waals surface area contributed by atoms with E-state index < -0.39 is 9.84 Å². The maximum atomic E-state index is 11.4. The van der Waals surface area contributed by atoms with Gasteiger partial charge in [0, 0.05) is 32.2 Å². The molecule has 21 heavy (non-hydrogen) atoms. The molecule has 1 fully saturated rings. The molecule has 0 bridgehead atoms. The minimum absolute atomic E-state index is 0.166. The van der Waals surface area contributed by atoms with Gasteiger partial charge in [-0.05, 0) is 30.4 Å². The summed E-state index contributed by atoms with van der Waals surface area (Å²) in [6.45, 7) is 4.09. The van der Waals surface area contributed by atoms with E-state index in [-0.39, 0.29) is 6.04 Å². The van der Waals surface area contributed by atoms with Crippen LogP contribution in [0.1, 0.15) is 17.5 Å². The van der Waals surface area contributed by atoms with Gasteiger partial charge in [-0.15, -0.1) is 0 Å². The molecule has 0 aromatic heterocycles. The molecule has 1 atom stereocenters. The molecule has 116 valence electrons. The second-order valence-corrected chi connectivity index (χ2v) is 8.39. The van der Waals surface area contributed by atoms with Crippen molar-refractivity contribution in [2.24, 2.45) is 0 Å². The molecule has 0 spiro atoms. The van der Waals surface area contributed by atoms with Gasteiger partial charge in [0.05, 0.1) is 11.5 Å². The second kappa shape index (κ2) is 6.46. The van der Waals surface area contributed by atoms with Gasteiger partial charge in [-0.1, -0.05) is 24.3 Å². The summed E-state index contributed by atoms with van der Waals surface area (Å²) in [5.41, 5.74) is 2.96. The van der Waals surface area contributed by atoms with Gasteiger partial charge >= 0.3 is 0 Å². The molecule has 1 N–H and O–H groups in total. The van der Waals surface area contributed by atoms with Crippen LogP contribution in [-0.2, 0) is 22.7 Å². The van der Waals surface area contributed by atoms with Crippen molar-refractivity contribution in [1.29, 1.82) is 0 Å². The highest BCUT2D eigenvalue weighted by molar-refractivity contribution is 7.91. The highest BCUT2D eigenvalue weighted by atomic mass is 32.2. The van der Waals surface area contributed by atoms with Crippen LogP contribution in [0.15, 0.2) is 24.3 Å². The zero-order valence-corrected chi connectivity index (χ0v) is 13.2. The van der Waals surface area contributed by atoms with Crippen LogP contribution < -0.4 is 5.32 Å². The molecule has 1 unspecified atom stereocenters. The molecule has 1 aromatic rings. The SMILES string of the molecule is O=S1(=O)CCC(NCCN2CCc3ccccc3CC2)C1. The highest BCUT2D eigenvalue weighted by Crippen LogP contribution is 2.15. The monoisotopic (exact) mass is 308 g/mol. The Hall–Kier alpha value is -0.910. The van der Waals surface area contributed by atoms with E-state index in [0.29, 0.717) is 11.5 Å². The summed E-state index contributed by atoms with van der Waals surface area (Å²) in [6.07, 6.45) is 3.01. The molecule has 2 aliphatic heterocycles. The third-order valence-corrected chi connectivity index (χ3v) is 6.37. The molecule has 0 amide bonds. The number of sulfone groups is 1. The number of fused-ring (bicyclic) bond motifs is 1. The smallest absolute Gasteiger partial charge is 0.151 e. The van der Waals surface area contributed by atoms with E-state index in [2.05, 4.69) is 34.5 Å². The highest BCUT2D eigenvalue weighted by Gasteiger charge is 2.27. The quantitative estimate of drug-likeness (QED) is 0.896. The average molecular weight is 308 g/mol. The van der Waals surface area contributed by atoms with Gasteiger partial charge in [0.2, 0.25) is 0 Å². The van der Waals surface area contributed by atoms with Gasteiger partial charge in [-0.3, -0.25) is 0 Å². The topological polar surface area (TPSA) is 49.4 Å². The van der Waals surface area contributed by atoms with Gasteiger partial charge in [0.1, 0.15) is 0 Å². The van der Waals surface area contributed by atoms with Crippen molar-refractivity contribution in [2.45, 2.75) is 25.3 Å². The van der Waals surface area contributed by atoms with Crippen molar-refractivity contribution in [2.75, 3.05) is 37.7 Å². The zero-order valence-electron chi connectivity index (χ0n) is 12.4. The summed E-state index contributed by atoms with van der Waals surface area (Å²) >= 11 is 0. The fourth-order valence-corrected chi connectivity index (χ4v) is 5.03. The van der Waals surface area contributed by atoms with Crippen molar-refractivity contribution >= 4 is 9.84 Å². The summed E-state index contributed by atoms with van der Waals surface area (Å²) in [6, 6.07) is 8.88. The Morgan fingerprint density at radius 2 is 1.81 bits per heavy atom. The Labute approximate surface area is 127 Å². The van der Waals surface area contributed by atoms with E-state index >= 15 is 0 Å². The lowest BCUT2D eigenvalue weighted by Gasteiger charge is -2.21. The van der Waals surface area contributed by atoms with Crippen molar-refractivity contribution in [3.63, 3.8) is 0 Å². The summed E-state index contributed by atoms with van der Waals surface area (Å²) in [5.74, 6) is 0.669. The first-order chi connectivity index (χ1) is 10.1. The summed E-state index contributed by atoms with van der Waals surface area (Å²) in [4.78, 5) is 2.48. The molecule has 0 aliphatic carbocycles. The van der Waals surface area contributed by atoms with Crippen molar-refractivity contribution in [3.8, 4) is 0 Å². The molecule has 1 saturated heterocycles. The lowest BCUT2D eigenvalue weighted by molar-refractivity contribution is 0.282. The van der Waals surface area contributed by atoms with Gasteiger partial charge in [0.25, 0.3) is 0 Å². The molecule has 4 nitrogen and oxygen atoms in total. The zero-order chi connectivity index (χ0) is 14.7. The first-order valence-electron chi connectivity index (χ1n) is 7.85. The Morgan fingerprint density at radius 1 is 1.14 bits per heavy atom. The van der Waals surface area contributed by atoms with Crippen LogP contribution in [-0.4, -0.2) is 57.0 Å². The predicted octanol–water partition coefficient (Wildman–Crippen LogP) is 0.864. The number of rotatable bonds is 4. The Morgan fingerprint density at radius 3 is 2.38 bits per heavy atom. The first-order valence-corrected chi connectivity index (χ1v) is 9.67. The Balaban J connectivity index is 1.43. The molecule has 1 aromatic carbocycles. The third-order valence-electron chi connectivity index (χ3n) is 4.61. The minimum atomic E-state index is -2.77. The van der Waals surface area contributed by atoms with E-state index in [1.165, 1.54) is 11.1 Å². The molecule has 2 aliphatic rings. The van der Waals surface area contributed by atoms with Crippen LogP contribution in [0.5, 0.6) is 0 Å². The fraction of sp³-hybridized carbons (Fsp3) is 0.625. The molecule has 3 rings (SSSR count). The van der Waals surface area contributed by atoms with E-state index in [1.807, 2.05) is 0 Å². The lowest BCUT2D eigenvalue weighted by atomic mass is 10.0. The van der Waals surface area contributed by atoms with Crippen LogP contribution in [0.25, 0.3) is 0 Å². The first kappa shape index (κ1) is 15.0. The van der Waals surface area contributed by atoms with Crippen LogP contribution in [0, 0.1) is 0 Å². The van der Waals surface area contributed by atoms with Gasteiger partial charge in [0.15, 0.2) is 9.84 Å². The molecule has 0 radical (unpaired) electrons. The van der Waals surface area contributed by atoms with E-state index in [1.54, 1.807) is 0 Å². The van der Waals surface area contributed by atoms with Crippen molar-refractivity contribution in [1.82, 2.24) is 10.2 Å². The normalized spacial score (nSPS) is 25.4.